The number of aromatic nitrogens is 4. The van der Waals surface area contributed by atoms with Crippen molar-refractivity contribution in [2.75, 3.05) is 11.1 Å². The number of hydrogen-bond donors (Lipinski definition) is 2. The van der Waals surface area contributed by atoms with Gasteiger partial charge >= 0.3 is 0 Å². The van der Waals surface area contributed by atoms with Crippen LogP contribution in [0.25, 0.3) is 0 Å². The lowest BCUT2D eigenvalue weighted by atomic mass is 9.90. The molecule has 0 spiro atoms. The number of hydrogen-bond acceptors (Lipinski definition) is 5. The van der Waals surface area contributed by atoms with E-state index in [1.165, 1.54) is 11.0 Å². The zero-order chi connectivity index (χ0) is 14.9. The summed E-state index contributed by atoms with van der Waals surface area (Å²) in [6.45, 7) is 6.04. The van der Waals surface area contributed by atoms with E-state index in [2.05, 4.69) is 20.4 Å². The predicted octanol–water partition coefficient (Wildman–Crippen LogP) is 1.34. The summed E-state index contributed by atoms with van der Waals surface area (Å²) in [5.41, 5.74) is 6.80. The topological polar surface area (TPSA) is 98.7 Å². The molecule has 7 heteroatoms. The molecule has 7 nitrogen and oxygen atoms in total. The van der Waals surface area contributed by atoms with Crippen LogP contribution in [0.3, 0.4) is 0 Å². The fourth-order valence-corrected chi connectivity index (χ4v) is 1.65. The summed E-state index contributed by atoms with van der Waals surface area (Å²) < 4.78 is 1.48. The van der Waals surface area contributed by atoms with E-state index in [0.717, 1.165) is 5.69 Å². The van der Waals surface area contributed by atoms with Crippen molar-refractivity contribution in [3.63, 3.8) is 0 Å². The van der Waals surface area contributed by atoms with Crippen LogP contribution in [0.4, 0.5) is 11.8 Å². The highest BCUT2D eigenvalue weighted by Crippen LogP contribution is 2.22. The van der Waals surface area contributed by atoms with Crippen molar-refractivity contribution >= 4 is 17.7 Å². The molecule has 20 heavy (non-hydrogen) atoms. The summed E-state index contributed by atoms with van der Waals surface area (Å²) >= 11 is 0. The van der Waals surface area contributed by atoms with Gasteiger partial charge in [-0.3, -0.25) is 10.1 Å². The number of nitrogens with two attached hydrogens (primary N) is 1. The molecule has 0 radical (unpaired) electrons. The Kier molecular flexibility index (Phi) is 3.44. The monoisotopic (exact) mass is 274 g/mol. The number of carbonyl (C=O) groups excluding carboxylic acids is 1. The summed E-state index contributed by atoms with van der Waals surface area (Å²) in [6.07, 6.45) is 1.37. The minimum Gasteiger partial charge on any atom is -0.384 e. The van der Waals surface area contributed by atoms with Gasteiger partial charge in [-0.05, 0) is 12.1 Å². The molecule has 2 rings (SSSR count). The van der Waals surface area contributed by atoms with Crippen LogP contribution < -0.4 is 11.1 Å². The van der Waals surface area contributed by atoms with Gasteiger partial charge in [-0.1, -0.05) is 20.8 Å². The minimum absolute atomic E-state index is 0.185. The van der Waals surface area contributed by atoms with Gasteiger partial charge in [-0.25, -0.2) is 9.67 Å². The number of anilines is 2. The Hall–Kier alpha value is -2.44. The SMILES string of the molecule is Cn1ncnc1NC(=O)c1cc(N)nc(C(C)(C)C)c1. The first-order valence-electron chi connectivity index (χ1n) is 6.21. The lowest BCUT2D eigenvalue weighted by Gasteiger charge is -2.18. The molecule has 2 aromatic rings. The number of nitrogens with zero attached hydrogens (tertiary/aromatic N) is 4. The van der Waals surface area contributed by atoms with Gasteiger partial charge in [-0.15, -0.1) is 0 Å². The first-order valence-corrected chi connectivity index (χ1v) is 6.21. The molecule has 0 fully saturated rings. The first-order chi connectivity index (χ1) is 9.27. The van der Waals surface area contributed by atoms with Crippen LogP contribution >= 0.6 is 0 Å². The van der Waals surface area contributed by atoms with Gasteiger partial charge in [0.25, 0.3) is 5.91 Å². The molecule has 2 aromatic heterocycles. The Morgan fingerprint density at radius 1 is 1.35 bits per heavy atom. The second-order valence-electron chi connectivity index (χ2n) is 5.58. The van der Waals surface area contributed by atoms with Gasteiger partial charge in [0.2, 0.25) is 5.95 Å². The molecule has 0 aliphatic heterocycles. The van der Waals surface area contributed by atoms with Crippen molar-refractivity contribution in [3.8, 4) is 0 Å². The fourth-order valence-electron chi connectivity index (χ4n) is 1.65. The summed E-state index contributed by atoms with van der Waals surface area (Å²) in [4.78, 5) is 20.4. The predicted molar refractivity (Wildman–Crippen MR) is 76.3 cm³/mol. The molecule has 0 aliphatic rings. The van der Waals surface area contributed by atoms with Crippen molar-refractivity contribution < 1.29 is 4.79 Å². The standard InChI is InChI=1S/C13H18N6O/c1-13(2,3)9-5-8(6-10(14)17-9)11(20)18-12-15-7-16-19(12)4/h5-7H,1-4H3,(H2,14,17)(H,15,16,18,20). The summed E-state index contributed by atoms with van der Waals surface area (Å²) in [7, 11) is 1.70. The van der Waals surface area contributed by atoms with Gasteiger partial charge in [0.05, 0.1) is 0 Å². The van der Waals surface area contributed by atoms with Crippen molar-refractivity contribution in [2.24, 2.45) is 7.05 Å². The summed E-state index contributed by atoms with van der Waals surface area (Å²) in [5, 5.41) is 6.57. The average molecular weight is 274 g/mol. The molecule has 0 aliphatic carbocycles. The lowest BCUT2D eigenvalue weighted by molar-refractivity contribution is 0.102. The summed E-state index contributed by atoms with van der Waals surface area (Å²) in [6, 6.07) is 3.28. The van der Waals surface area contributed by atoms with E-state index in [0.29, 0.717) is 17.3 Å². The molecule has 0 atom stereocenters. The van der Waals surface area contributed by atoms with Gasteiger partial charge in [0.1, 0.15) is 12.1 Å². The minimum atomic E-state index is -0.291. The maximum absolute atomic E-state index is 12.2. The third-order valence-corrected chi connectivity index (χ3v) is 2.81. The largest absolute Gasteiger partial charge is 0.384 e. The number of nitrogens with one attached hydrogen (secondary N) is 1. The zero-order valence-corrected chi connectivity index (χ0v) is 12.0. The molecular formula is C13H18N6O. The van der Waals surface area contributed by atoms with Gasteiger partial charge in [0.15, 0.2) is 0 Å². The van der Waals surface area contributed by atoms with E-state index in [4.69, 9.17) is 5.73 Å². The van der Waals surface area contributed by atoms with Gasteiger partial charge in [-0.2, -0.15) is 10.1 Å². The third kappa shape index (κ3) is 2.93. The highest BCUT2D eigenvalue weighted by atomic mass is 16.1. The van der Waals surface area contributed by atoms with Crippen molar-refractivity contribution in [1.29, 1.82) is 0 Å². The molecule has 0 aromatic carbocycles. The number of nitrogen functional groups attached to an aromatic ring is 1. The Balaban J connectivity index is 2.31. The Labute approximate surface area is 117 Å². The molecule has 1 amide bonds. The first kappa shape index (κ1) is 14.0. The molecule has 3 N–H and O–H groups in total. The summed E-state index contributed by atoms with van der Waals surface area (Å²) in [5.74, 6) is 0.406. The molecule has 0 saturated carbocycles. The third-order valence-electron chi connectivity index (χ3n) is 2.81. The van der Waals surface area contributed by atoms with E-state index in [1.807, 2.05) is 20.8 Å². The molecule has 0 saturated heterocycles. The second kappa shape index (κ2) is 4.92. The second-order valence-corrected chi connectivity index (χ2v) is 5.58. The molecule has 0 unspecified atom stereocenters. The van der Waals surface area contributed by atoms with Crippen LogP contribution in [0, 0.1) is 0 Å². The van der Waals surface area contributed by atoms with Crippen molar-refractivity contribution in [1.82, 2.24) is 19.7 Å². The van der Waals surface area contributed by atoms with Crippen LogP contribution in [0.5, 0.6) is 0 Å². The zero-order valence-electron chi connectivity index (χ0n) is 12.0. The van der Waals surface area contributed by atoms with Crippen LogP contribution in [-0.4, -0.2) is 25.7 Å². The average Bonchev–Trinajstić information content (AvgIpc) is 2.73. The van der Waals surface area contributed by atoms with Gasteiger partial charge in [0, 0.05) is 23.7 Å². The van der Waals surface area contributed by atoms with E-state index in [1.54, 1.807) is 19.2 Å². The van der Waals surface area contributed by atoms with Crippen LogP contribution in [0.15, 0.2) is 18.5 Å². The molecule has 0 bridgehead atoms. The lowest BCUT2D eigenvalue weighted by Crippen LogP contribution is -2.19. The van der Waals surface area contributed by atoms with Crippen LogP contribution in [0.2, 0.25) is 0 Å². The van der Waals surface area contributed by atoms with Gasteiger partial charge < -0.3 is 5.73 Å². The molecule has 106 valence electrons. The van der Waals surface area contributed by atoms with E-state index >= 15 is 0 Å². The smallest absolute Gasteiger partial charge is 0.258 e. The number of pyridine rings is 1. The number of carbonyl (C=O) groups is 1. The number of rotatable bonds is 2. The Bertz CT molecular complexity index is 641. The van der Waals surface area contributed by atoms with Crippen LogP contribution in [-0.2, 0) is 12.5 Å². The highest BCUT2D eigenvalue weighted by Gasteiger charge is 2.19. The van der Waals surface area contributed by atoms with Crippen LogP contribution in [0.1, 0.15) is 36.8 Å². The molecular weight excluding hydrogens is 256 g/mol. The maximum Gasteiger partial charge on any atom is 0.258 e. The normalized spacial score (nSPS) is 11.4. The highest BCUT2D eigenvalue weighted by molar-refractivity contribution is 6.03. The number of amides is 1. The van der Waals surface area contributed by atoms with Crippen molar-refractivity contribution in [3.05, 3.63) is 29.7 Å². The molecule has 2 heterocycles. The van der Waals surface area contributed by atoms with E-state index < -0.39 is 0 Å². The maximum atomic E-state index is 12.2. The Morgan fingerprint density at radius 2 is 2.05 bits per heavy atom. The fraction of sp³-hybridized carbons (Fsp3) is 0.385. The van der Waals surface area contributed by atoms with E-state index in [-0.39, 0.29) is 11.3 Å². The van der Waals surface area contributed by atoms with Crippen molar-refractivity contribution in [2.45, 2.75) is 26.2 Å². The quantitative estimate of drug-likeness (QED) is 0.861. The van der Waals surface area contributed by atoms with E-state index in [9.17, 15) is 4.79 Å². The number of aryl methyl sites for hydroxylation is 1. The Morgan fingerprint density at radius 3 is 2.60 bits per heavy atom.